The van der Waals surface area contributed by atoms with Crippen molar-refractivity contribution in [1.29, 1.82) is 0 Å². The van der Waals surface area contributed by atoms with Crippen LogP contribution in [0.2, 0.25) is 0 Å². The van der Waals surface area contributed by atoms with E-state index in [4.69, 9.17) is 10.5 Å². The van der Waals surface area contributed by atoms with Gasteiger partial charge in [-0.05, 0) is 64.7 Å². The number of rotatable bonds is 28. The van der Waals surface area contributed by atoms with Crippen LogP contribution in [0.3, 0.4) is 0 Å². The van der Waals surface area contributed by atoms with Crippen LogP contribution in [0.15, 0.2) is 0 Å². The van der Waals surface area contributed by atoms with Gasteiger partial charge in [0.05, 0.1) is 6.61 Å². The molecule has 0 saturated carbocycles. The number of nitrogens with zero attached hydrogens (tertiary/aromatic N) is 1. The van der Waals surface area contributed by atoms with Crippen molar-refractivity contribution in [3.63, 3.8) is 0 Å². The van der Waals surface area contributed by atoms with Crippen molar-refractivity contribution in [3.05, 3.63) is 0 Å². The van der Waals surface area contributed by atoms with Crippen LogP contribution < -0.4 is 11.1 Å². The lowest BCUT2D eigenvalue weighted by molar-refractivity contribution is -0.143. The van der Waals surface area contributed by atoms with Gasteiger partial charge in [-0.2, -0.15) is 0 Å². The average Bonchev–Trinajstić information content (AvgIpc) is 2.84. The minimum atomic E-state index is -0.0167. The van der Waals surface area contributed by atoms with E-state index in [-0.39, 0.29) is 5.97 Å². The summed E-state index contributed by atoms with van der Waals surface area (Å²) < 4.78 is 5.36. The molecule has 0 aliphatic heterocycles. The smallest absolute Gasteiger partial charge is 0.305 e. The molecule has 0 unspecified atom stereocenters. The second-order valence-electron chi connectivity index (χ2n) is 9.63. The lowest BCUT2D eigenvalue weighted by Crippen LogP contribution is -2.31. The zero-order valence-corrected chi connectivity index (χ0v) is 22.5. The Kier molecular flexibility index (Phi) is 27.4. The molecule has 202 valence electrons. The second kappa shape index (κ2) is 28.3. The molecule has 0 bridgehead atoms. The van der Waals surface area contributed by atoms with E-state index in [9.17, 15) is 9.59 Å². The van der Waals surface area contributed by atoms with E-state index in [0.717, 1.165) is 58.0 Å². The summed E-state index contributed by atoms with van der Waals surface area (Å²) in [6.45, 7) is 7.81. The number of ether oxygens (including phenoxy) is 1. The fourth-order valence-corrected chi connectivity index (χ4v) is 4.23. The summed E-state index contributed by atoms with van der Waals surface area (Å²) in [6.07, 6.45) is 22.4. The number of nitrogens with one attached hydrogen (secondary N) is 1. The average molecular weight is 484 g/mol. The van der Waals surface area contributed by atoms with Gasteiger partial charge in [0, 0.05) is 19.5 Å². The SMILES string of the molecule is CCCCCCCCOC(=O)CCCCCCCN(CCCCCCCC=O)CCCNCN. The molecule has 0 aromatic carbocycles. The predicted molar refractivity (Wildman–Crippen MR) is 144 cm³/mol. The van der Waals surface area contributed by atoms with Gasteiger partial charge < -0.3 is 25.5 Å². The summed E-state index contributed by atoms with van der Waals surface area (Å²) in [5.74, 6) is -0.0167. The number of esters is 1. The van der Waals surface area contributed by atoms with Crippen LogP contribution in [0.4, 0.5) is 0 Å². The molecule has 0 radical (unpaired) electrons. The van der Waals surface area contributed by atoms with Crippen molar-refractivity contribution in [1.82, 2.24) is 10.2 Å². The summed E-state index contributed by atoms with van der Waals surface area (Å²) in [5.41, 5.74) is 5.53. The molecule has 0 fully saturated rings. The largest absolute Gasteiger partial charge is 0.466 e. The van der Waals surface area contributed by atoms with Gasteiger partial charge in [0.1, 0.15) is 6.29 Å². The molecule has 0 spiro atoms. The molecular weight excluding hydrogens is 426 g/mol. The molecular formula is C28H57N3O3. The highest BCUT2D eigenvalue weighted by Crippen LogP contribution is 2.10. The quantitative estimate of drug-likeness (QED) is 0.0617. The maximum atomic E-state index is 11.8. The van der Waals surface area contributed by atoms with E-state index in [1.807, 2.05) is 0 Å². The number of nitrogens with two attached hydrogens (primary N) is 1. The first-order chi connectivity index (χ1) is 16.7. The lowest BCUT2D eigenvalue weighted by Gasteiger charge is -2.22. The Labute approximate surface area is 211 Å². The predicted octanol–water partition coefficient (Wildman–Crippen LogP) is 5.97. The summed E-state index contributed by atoms with van der Waals surface area (Å²) in [4.78, 5) is 24.8. The Morgan fingerprint density at radius 3 is 1.97 bits per heavy atom. The van der Waals surface area contributed by atoms with Gasteiger partial charge in [-0.1, -0.05) is 77.6 Å². The van der Waals surface area contributed by atoms with Crippen molar-refractivity contribution in [3.8, 4) is 0 Å². The van der Waals surface area contributed by atoms with Crippen LogP contribution in [0, 0.1) is 0 Å². The van der Waals surface area contributed by atoms with E-state index in [0.29, 0.717) is 26.1 Å². The van der Waals surface area contributed by atoms with Gasteiger partial charge in [-0.3, -0.25) is 4.79 Å². The Bertz CT molecular complexity index is 435. The van der Waals surface area contributed by atoms with Gasteiger partial charge in [0.2, 0.25) is 0 Å². The van der Waals surface area contributed by atoms with E-state index >= 15 is 0 Å². The van der Waals surface area contributed by atoms with E-state index in [1.54, 1.807) is 0 Å². The van der Waals surface area contributed by atoms with Crippen LogP contribution in [0.5, 0.6) is 0 Å². The first-order valence-corrected chi connectivity index (χ1v) is 14.5. The maximum Gasteiger partial charge on any atom is 0.305 e. The van der Waals surface area contributed by atoms with Crippen LogP contribution in [0.1, 0.15) is 129 Å². The Morgan fingerprint density at radius 2 is 1.32 bits per heavy atom. The summed E-state index contributed by atoms with van der Waals surface area (Å²) in [7, 11) is 0. The number of carbonyl (C=O) groups excluding carboxylic acids is 2. The summed E-state index contributed by atoms with van der Waals surface area (Å²) in [5, 5.41) is 3.21. The lowest BCUT2D eigenvalue weighted by atomic mass is 10.1. The first-order valence-electron chi connectivity index (χ1n) is 14.5. The third kappa shape index (κ3) is 25.6. The number of hydrogen-bond acceptors (Lipinski definition) is 6. The minimum Gasteiger partial charge on any atom is -0.466 e. The topological polar surface area (TPSA) is 84.7 Å². The number of hydrogen-bond donors (Lipinski definition) is 2. The van der Waals surface area contributed by atoms with Gasteiger partial charge in [0.15, 0.2) is 0 Å². The van der Waals surface area contributed by atoms with Crippen molar-refractivity contribution in [2.75, 3.05) is 39.5 Å². The standard InChI is InChI=1S/C28H57N3O3/c1-2-3-4-5-13-18-26-34-28(33)20-14-9-8-11-16-23-31(24-19-21-30-27-29)22-15-10-6-7-12-17-25-32/h25,30H,2-24,26-27,29H2,1H3. The molecule has 0 aliphatic carbocycles. The fourth-order valence-electron chi connectivity index (χ4n) is 4.23. The normalized spacial score (nSPS) is 11.3. The van der Waals surface area contributed by atoms with Gasteiger partial charge >= 0.3 is 5.97 Å². The summed E-state index contributed by atoms with van der Waals surface area (Å²) >= 11 is 0. The molecule has 0 heterocycles. The molecule has 34 heavy (non-hydrogen) atoms. The molecule has 3 N–H and O–H groups in total. The highest BCUT2D eigenvalue weighted by molar-refractivity contribution is 5.69. The fraction of sp³-hybridized carbons (Fsp3) is 0.929. The Balaban J connectivity index is 3.72. The number of aldehydes is 1. The third-order valence-electron chi connectivity index (χ3n) is 6.38. The Morgan fingerprint density at radius 1 is 0.765 bits per heavy atom. The van der Waals surface area contributed by atoms with Gasteiger partial charge in [-0.15, -0.1) is 0 Å². The highest BCUT2D eigenvalue weighted by atomic mass is 16.5. The van der Waals surface area contributed by atoms with E-state index in [2.05, 4.69) is 17.1 Å². The third-order valence-corrected chi connectivity index (χ3v) is 6.38. The molecule has 0 aliphatic rings. The van der Waals surface area contributed by atoms with Crippen molar-refractivity contribution in [2.24, 2.45) is 5.73 Å². The first kappa shape index (κ1) is 33.0. The van der Waals surface area contributed by atoms with Crippen LogP contribution in [-0.4, -0.2) is 56.6 Å². The molecule has 0 saturated heterocycles. The van der Waals surface area contributed by atoms with Crippen LogP contribution >= 0.6 is 0 Å². The maximum absolute atomic E-state index is 11.8. The van der Waals surface area contributed by atoms with Crippen LogP contribution in [0.25, 0.3) is 0 Å². The van der Waals surface area contributed by atoms with Crippen molar-refractivity contribution >= 4 is 12.3 Å². The molecule has 0 aromatic rings. The molecule has 6 nitrogen and oxygen atoms in total. The molecule has 0 aromatic heterocycles. The van der Waals surface area contributed by atoms with Crippen molar-refractivity contribution in [2.45, 2.75) is 129 Å². The van der Waals surface area contributed by atoms with E-state index in [1.165, 1.54) is 83.6 Å². The van der Waals surface area contributed by atoms with Crippen molar-refractivity contribution < 1.29 is 14.3 Å². The molecule has 0 amide bonds. The second-order valence-corrected chi connectivity index (χ2v) is 9.63. The van der Waals surface area contributed by atoms with Crippen LogP contribution in [-0.2, 0) is 14.3 Å². The number of unbranched alkanes of at least 4 members (excludes halogenated alkanes) is 14. The zero-order chi connectivity index (χ0) is 25.0. The zero-order valence-electron chi connectivity index (χ0n) is 22.5. The van der Waals surface area contributed by atoms with Gasteiger partial charge in [0.25, 0.3) is 0 Å². The molecule has 0 rings (SSSR count). The summed E-state index contributed by atoms with van der Waals surface area (Å²) in [6, 6.07) is 0. The Hall–Kier alpha value is -0.980. The number of carbonyl (C=O) groups is 2. The highest BCUT2D eigenvalue weighted by Gasteiger charge is 2.06. The van der Waals surface area contributed by atoms with Gasteiger partial charge in [-0.25, -0.2) is 0 Å². The molecule has 6 heteroatoms. The monoisotopic (exact) mass is 483 g/mol. The minimum absolute atomic E-state index is 0.0167. The molecule has 0 atom stereocenters. The van der Waals surface area contributed by atoms with E-state index < -0.39 is 0 Å².